The summed E-state index contributed by atoms with van der Waals surface area (Å²) < 4.78 is 33.9. The van der Waals surface area contributed by atoms with Crippen LogP contribution in [0.4, 0.5) is 14.5 Å². The van der Waals surface area contributed by atoms with Crippen molar-refractivity contribution in [3.8, 4) is 5.75 Å². The number of halogens is 4. The number of benzene rings is 2. The molecule has 6 heteroatoms. The predicted octanol–water partition coefficient (Wildman–Crippen LogP) is 4.96. The van der Waals surface area contributed by atoms with Crippen molar-refractivity contribution in [2.75, 3.05) is 5.73 Å². The molecule has 0 bridgehead atoms. The first-order valence-electron chi connectivity index (χ1n) is 5.71. The molecule has 2 N–H and O–H groups in total. The molecular formula is C14H11Br2F2NO. The van der Waals surface area contributed by atoms with Crippen molar-refractivity contribution < 1.29 is 13.5 Å². The fraction of sp³-hybridized carbons (Fsp3) is 0.143. The third kappa shape index (κ3) is 3.12. The molecule has 106 valence electrons. The van der Waals surface area contributed by atoms with Gasteiger partial charge in [0.05, 0.1) is 15.7 Å². The molecule has 0 radical (unpaired) electrons. The Morgan fingerprint density at radius 2 is 1.90 bits per heavy atom. The molecule has 0 aromatic heterocycles. The maximum absolute atomic E-state index is 13.8. The Morgan fingerprint density at radius 3 is 2.55 bits per heavy atom. The van der Waals surface area contributed by atoms with Gasteiger partial charge < -0.3 is 10.5 Å². The van der Waals surface area contributed by atoms with Gasteiger partial charge in [-0.3, -0.25) is 0 Å². The summed E-state index contributed by atoms with van der Waals surface area (Å²) in [4.78, 5) is 0. The topological polar surface area (TPSA) is 35.2 Å². The molecule has 2 aromatic carbocycles. The lowest BCUT2D eigenvalue weighted by atomic mass is 10.2. The van der Waals surface area contributed by atoms with Crippen LogP contribution < -0.4 is 10.5 Å². The first kappa shape index (κ1) is 15.3. The largest absolute Gasteiger partial charge is 0.486 e. The highest BCUT2D eigenvalue weighted by molar-refractivity contribution is 9.10. The van der Waals surface area contributed by atoms with E-state index in [1.807, 2.05) is 13.0 Å². The van der Waals surface area contributed by atoms with E-state index in [-0.39, 0.29) is 16.6 Å². The molecule has 0 saturated carbocycles. The van der Waals surface area contributed by atoms with Gasteiger partial charge >= 0.3 is 0 Å². The van der Waals surface area contributed by atoms with Crippen molar-refractivity contribution in [2.45, 2.75) is 13.5 Å². The van der Waals surface area contributed by atoms with Gasteiger partial charge in [-0.1, -0.05) is 15.9 Å². The molecule has 2 nitrogen and oxygen atoms in total. The maximum atomic E-state index is 13.8. The maximum Gasteiger partial charge on any atom is 0.146 e. The minimum atomic E-state index is -0.668. The molecule has 0 saturated heterocycles. The van der Waals surface area contributed by atoms with Crippen LogP contribution >= 0.6 is 31.9 Å². The van der Waals surface area contributed by atoms with E-state index >= 15 is 0 Å². The van der Waals surface area contributed by atoms with Gasteiger partial charge in [0, 0.05) is 4.47 Å². The summed E-state index contributed by atoms with van der Waals surface area (Å²) in [5, 5.41) is 0. The Balaban J connectivity index is 2.28. The summed E-state index contributed by atoms with van der Waals surface area (Å²) in [5.74, 6) is -0.899. The quantitative estimate of drug-likeness (QED) is 0.577. The van der Waals surface area contributed by atoms with Crippen molar-refractivity contribution in [1.82, 2.24) is 0 Å². The molecule has 0 unspecified atom stereocenters. The van der Waals surface area contributed by atoms with E-state index in [1.165, 1.54) is 12.1 Å². The van der Waals surface area contributed by atoms with Crippen molar-refractivity contribution in [3.63, 3.8) is 0 Å². The Kier molecular flexibility index (Phi) is 4.65. The fourth-order valence-electron chi connectivity index (χ4n) is 1.80. The van der Waals surface area contributed by atoms with E-state index in [0.717, 1.165) is 10.0 Å². The monoisotopic (exact) mass is 405 g/mol. The van der Waals surface area contributed by atoms with Crippen LogP contribution in [0.5, 0.6) is 5.75 Å². The molecule has 0 amide bonds. The summed E-state index contributed by atoms with van der Waals surface area (Å²) in [6.45, 7) is 1.58. The Morgan fingerprint density at radius 1 is 1.20 bits per heavy atom. The lowest BCUT2D eigenvalue weighted by Crippen LogP contribution is -2.05. The first-order valence-corrected chi connectivity index (χ1v) is 7.29. The lowest BCUT2D eigenvalue weighted by molar-refractivity contribution is 0.292. The number of hydrogen-bond acceptors (Lipinski definition) is 2. The van der Waals surface area contributed by atoms with E-state index in [9.17, 15) is 8.78 Å². The normalized spacial score (nSPS) is 10.7. The third-order valence-electron chi connectivity index (χ3n) is 2.77. The molecule has 2 aromatic rings. The third-order valence-corrected chi connectivity index (χ3v) is 3.84. The van der Waals surface area contributed by atoms with Crippen LogP contribution in [0.3, 0.4) is 0 Å². The molecule has 2 rings (SSSR count). The highest BCUT2D eigenvalue weighted by Gasteiger charge is 2.14. The minimum absolute atomic E-state index is 0.138. The second-order valence-electron chi connectivity index (χ2n) is 4.25. The zero-order valence-corrected chi connectivity index (χ0v) is 13.7. The standard InChI is InChI=1S/C14H11Br2F2NO/c1-7-4-8(15)5-12(19)14(7)20-6-9-11(17)3-2-10(16)13(9)18/h2-5H,6,19H2,1H3. The molecule has 0 heterocycles. The smallest absolute Gasteiger partial charge is 0.146 e. The molecule has 0 aliphatic heterocycles. The van der Waals surface area contributed by atoms with Gasteiger partial charge in [0.15, 0.2) is 0 Å². The number of rotatable bonds is 3. The minimum Gasteiger partial charge on any atom is -0.486 e. The number of nitrogen functional groups attached to an aromatic ring is 1. The second kappa shape index (κ2) is 6.10. The van der Waals surface area contributed by atoms with Gasteiger partial charge in [-0.2, -0.15) is 0 Å². The van der Waals surface area contributed by atoms with E-state index in [1.54, 1.807) is 6.07 Å². The number of anilines is 1. The van der Waals surface area contributed by atoms with E-state index in [0.29, 0.717) is 11.4 Å². The predicted molar refractivity (Wildman–Crippen MR) is 81.7 cm³/mol. The van der Waals surface area contributed by atoms with Gasteiger partial charge in [-0.05, 0) is 52.7 Å². The van der Waals surface area contributed by atoms with Gasteiger partial charge in [0.25, 0.3) is 0 Å². The number of nitrogens with two attached hydrogens (primary N) is 1. The molecular weight excluding hydrogens is 396 g/mol. The van der Waals surface area contributed by atoms with Crippen LogP contribution in [-0.2, 0) is 6.61 Å². The molecule has 0 aliphatic carbocycles. The van der Waals surface area contributed by atoms with E-state index in [4.69, 9.17) is 10.5 Å². The molecule has 0 fully saturated rings. The Hall–Kier alpha value is -1.14. The Bertz CT molecular complexity index is 639. The van der Waals surface area contributed by atoms with Crippen LogP contribution in [0.15, 0.2) is 33.2 Å². The lowest BCUT2D eigenvalue weighted by Gasteiger charge is -2.13. The van der Waals surface area contributed by atoms with Crippen molar-refractivity contribution >= 4 is 37.5 Å². The van der Waals surface area contributed by atoms with Crippen LogP contribution in [0, 0.1) is 18.6 Å². The number of ether oxygens (including phenoxy) is 1. The fourth-order valence-corrected chi connectivity index (χ4v) is 2.76. The molecule has 20 heavy (non-hydrogen) atoms. The van der Waals surface area contributed by atoms with Gasteiger partial charge in [-0.25, -0.2) is 8.78 Å². The summed E-state index contributed by atoms with van der Waals surface area (Å²) in [7, 11) is 0. The Labute approximate surface area is 132 Å². The van der Waals surface area contributed by atoms with Crippen molar-refractivity contribution in [1.29, 1.82) is 0 Å². The highest BCUT2D eigenvalue weighted by atomic mass is 79.9. The van der Waals surface area contributed by atoms with E-state index < -0.39 is 11.6 Å². The summed E-state index contributed by atoms with van der Waals surface area (Å²) in [6.07, 6.45) is 0. The van der Waals surface area contributed by atoms with Crippen molar-refractivity contribution in [3.05, 3.63) is 56.0 Å². The summed E-state index contributed by atoms with van der Waals surface area (Å²) >= 11 is 6.33. The SMILES string of the molecule is Cc1cc(Br)cc(N)c1OCc1c(F)ccc(Br)c1F. The zero-order valence-electron chi connectivity index (χ0n) is 10.5. The molecule has 0 spiro atoms. The van der Waals surface area contributed by atoms with Gasteiger partial charge in [-0.15, -0.1) is 0 Å². The van der Waals surface area contributed by atoms with Crippen LogP contribution in [-0.4, -0.2) is 0 Å². The average molecular weight is 407 g/mol. The van der Waals surface area contributed by atoms with E-state index in [2.05, 4.69) is 31.9 Å². The molecule has 0 atom stereocenters. The van der Waals surface area contributed by atoms with Gasteiger partial charge in [0.2, 0.25) is 0 Å². The summed E-state index contributed by atoms with van der Waals surface area (Å²) in [6, 6.07) is 5.99. The molecule has 0 aliphatic rings. The second-order valence-corrected chi connectivity index (χ2v) is 6.02. The number of aryl methyl sites for hydroxylation is 1. The summed E-state index contributed by atoms with van der Waals surface area (Å²) in [5.41, 5.74) is 6.90. The van der Waals surface area contributed by atoms with Crippen molar-refractivity contribution in [2.24, 2.45) is 0 Å². The van der Waals surface area contributed by atoms with Gasteiger partial charge in [0.1, 0.15) is 24.0 Å². The van der Waals surface area contributed by atoms with Crippen LogP contribution in [0.25, 0.3) is 0 Å². The first-order chi connectivity index (χ1) is 9.40. The number of hydrogen-bond donors (Lipinski definition) is 1. The highest BCUT2D eigenvalue weighted by Crippen LogP contribution is 2.31. The zero-order chi connectivity index (χ0) is 14.9. The van der Waals surface area contributed by atoms with Crippen LogP contribution in [0.2, 0.25) is 0 Å². The average Bonchev–Trinajstić information content (AvgIpc) is 2.36. The van der Waals surface area contributed by atoms with Crippen LogP contribution in [0.1, 0.15) is 11.1 Å².